The minimum atomic E-state index is -0.178. The van der Waals surface area contributed by atoms with E-state index in [1.165, 1.54) is 17.4 Å². The van der Waals surface area contributed by atoms with Gasteiger partial charge in [0.05, 0.1) is 5.69 Å². The number of rotatable bonds is 1. The van der Waals surface area contributed by atoms with Gasteiger partial charge in [0.15, 0.2) is 3.92 Å². The summed E-state index contributed by atoms with van der Waals surface area (Å²) in [4.78, 5) is 4.26. The van der Waals surface area contributed by atoms with Crippen molar-refractivity contribution in [3.63, 3.8) is 0 Å². The molecule has 72 valence electrons. The highest BCUT2D eigenvalue weighted by atomic mass is 79.9. The first-order chi connectivity index (χ1) is 6.66. The molecule has 14 heavy (non-hydrogen) atoms. The molecule has 2 aromatic rings. The number of halogens is 2. The molecule has 0 saturated carbocycles. The van der Waals surface area contributed by atoms with E-state index in [1.807, 2.05) is 5.38 Å². The molecular formula is C10H7BrFNS. The molecule has 0 saturated heterocycles. The summed E-state index contributed by atoms with van der Waals surface area (Å²) in [6.07, 6.45) is 0. The van der Waals surface area contributed by atoms with Crippen molar-refractivity contribution in [2.75, 3.05) is 0 Å². The van der Waals surface area contributed by atoms with E-state index in [2.05, 4.69) is 20.9 Å². The minimum Gasteiger partial charge on any atom is -0.229 e. The van der Waals surface area contributed by atoms with Gasteiger partial charge in [-0.3, -0.25) is 0 Å². The Kier molecular flexibility index (Phi) is 2.65. The van der Waals surface area contributed by atoms with Crippen LogP contribution in [-0.2, 0) is 0 Å². The van der Waals surface area contributed by atoms with Gasteiger partial charge < -0.3 is 0 Å². The van der Waals surface area contributed by atoms with Crippen molar-refractivity contribution < 1.29 is 4.39 Å². The van der Waals surface area contributed by atoms with Crippen LogP contribution in [0.15, 0.2) is 27.5 Å². The van der Waals surface area contributed by atoms with E-state index in [0.717, 1.165) is 15.2 Å². The van der Waals surface area contributed by atoms with E-state index >= 15 is 0 Å². The summed E-state index contributed by atoms with van der Waals surface area (Å²) < 4.78 is 13.8. The lowest BCUT2D eigenvalue weighted by molar-refractivity contribution is 0.619. The van der Waals surface area contributed by atoms with Gasteiger partial charge in [0.25, 0.3) is 0 Å². The van der Waals surface area contributed by atoms with Gasteiger partial charge in [-0.05, 0) is 46.6 Å². The average molecular weight is 272 g/mol. The summed E-state index contributed by atoms with van der Waals surface area (Å²) in [7, 11) is 0. The van der Waals surface area contributed by atoms with Crippen LogP contribution in [0.4, 0.5) is 4.39 Å². The SMILES string of the molecule is Cc1cc(-c2csc(Br)n2)ccc1F. The maximum absolute atomic E-state index is 13.0. The molecule has 1 aromatic heterocycles. The quantitative estimate of drug-likeness (QED) is 0.764. The van der Waals surface area contributed by atoms with Crippen molar-refractivity contribution in [2.45, 2.75) is 6.92 Å². The Morgan fingerprint density at radius 2 is 2.21 bits per heavy atom. The second kappa shape index (κ2) is 3.79. The lowest BCUT2D eigenvalue weighted by Crippen LogP contribution is -1.84. The zero-order valence-corrected chi connectivity index (χ0v) is 9.82. The largest absolute Gasteiger partial charge is 0.229 e. The van der Waals surface area contributed by atoms with Crippen molar-refractivity contribution >= 4 is 27.3 Å². The van der Waals surface area contributed by atoms with Crippen LogP contribution < -0.4 is 0 Å². The Balaban J connectivity index is 2.47. The van der Waals surface area contributed by atoms with Crippen LogP contribution in [-0.4, -0.2) is 4.98 Å². The summed E-state index contributed by atoms with van der Waals surface area (Å²) in [5.41, 5.74) is 2.47. The van der Waals surface area contributed by atoms with Crippen LogP contribution in [0, 0.1) is 12.7 Å². The molecule has 1 aromatic carbocycles. The Morgan fingerprint density at radius 3 is 2.79 bits per heavy atom. The normalized spacial score (nSPS) is 10.5. The topological polar surface area (TPSA) is 12.9 Å². The van der Waals surface area contributed by atoms with Gasteiger partial charge in [-0.15, -0.1) is 11.3 Å². The summed E-state index contributed by atoms with van der Waals surface area (Å²) in [6, 6.07) is 5.01. The number of aryl methyl sites for hydroxylation is 1. The Morgan fingerprint density at radius 1 is 1.43 bits per heavy atom. The molecule has 0 unspecified atom stereocenters. The molecule has 0 spiro atoms. The van der Waals surface area contributed by atoms with Crippen molar-refractivity contribution in [3.8, 4) is 11.3 Å². The van der Waals surface area contributed by atoms with E-state index in [0.29, 0.717) is 5.56 Å². The molecule has 0 N–H and O–H groups in total. The van der Waals surface area contributed by atoms with Gasteiger partial charge in [-0.2, -0.15) is 0 Å². The third-order valence-corrected chi connectivity index (χ3v) is 3.29. The van der Waals surface area contributed by atoms with Crippen LogP contribution in [0.3, 0.4) is 0 Å². The molecule has 0 aliphatic heterocycles. The molecule has 0 atom stereocenters. The lowest BCUT2D eigenvalue weighted by atomic mass is 10.1. The lowest BCUT2D eigenvalue weighted by Gasteiger charge is -1.99. The molecular weight excluding hydrogens is 265 g/mol. The predicted octanol–water partition coefficient (Wildman–Crippen LogP) is 4.02. The molecule has 4 heteroatoms. The summed E-state index contributed by atoms with van der Waals surface area (Å²) in [6.45, 7) is 1.75. The maximum Gasteiger partial charge on any atom is 0.159 e. The zero-order valence-electron chi connectivity index (χ0n) is 7.42. The number of thiazole rings is 1. The Hall–Kier alpha value is -0.740. The van der Waals surface area contributed by atoms with E-state index in [4.69, 9.17) is 0 Å². The number of hydrogen-bond acceptors (Lipinski definition) is 2. The fourth-order valence-corrected chi connectivity index (χ4v) is 2.21. The van der Waals surface area contributed by atoms with E-state index < -0.39 is 0 Å². The smallest absolute Gasteiger partial charge is 0.159 e. The third kappa shape index (κ3) is 1.86. The highest BCUT2D eigenvalue weighted by Gasteiger charge is 2.04. The molecule has 0 radical (unpaired) electrons. The van der Waals surface area contributed by atoms with Crippen LogP contribution in [0.2, 0.25) is 0 Å². The van der Waals surface area contributed by atoms with Crippen LogP contribution in [0.5, 0.6) is 0 Å². The van der Waals surface area contributed by atoms with E-state index in [1.54, 1.807) is 19.1 Å². The van der Waals surface area contributed by atoms with Crippen molar-refractivity contribution in [1.29, 1.82) is 0 Å². The number of hydrogen-bond donors (Lipinski definition) is 0. The standard InChI is InChI=1S/C10H7BrFNS/c1-6-4-7(2-3-8(6)12)9-5-14-10(11)13-9/h2-5H,1H3. The zero-order chi connectivity index (χ0) is 10.1. The van der Waals surface area contributed by atoms with Crippen molar-refractivity contribution in [3.05, 3.63) is 38.9 Å². The molecule has 0 aliphatic carbocycles. The fraction of sp³-hybridized carbons (Fsp3) is 0.100. The van der Waals surface area contributed by atoms with Gasteiger partial charge >= 0.3 is 0 Å². The molecule has 1 nitrogen and oxygen atoms in total. The second-order valence-electron chi connectivity index (χ2n) is 2.95. The van der Waals surface area contributed by atoms with Crippen LogP contribution >= 0.6 is 27.3 Å². The first kappa shape index (κ1) is 9.80. The molecule has 0 bridgehead atoms. The molecule has 2 rings (SSSR count). The minimum absolute atomic E-state index is 0.178. The number of aromatic nitrogens is 1. The monoisotopic (exact) mass is 271 g/mol. The second-order valence-corrected chi connectivity index (χ2v) is 5.08. The molecule has 1 heterocycles. The highest BCUT2D eigenvalue weighted by molar-refractivity contribution is 9.11. The Labute approximate surface area is 93.7 Å². The predicted molar refractivity (Wildman–Crippen MR) is 59.9 cm³/mol. The van der Waals surface area contributed by atoms with Gasteiger partial charge in [-0.25, -0.2) is 9.37 Å². The summed E-state index contributed by atoms with van der Waals surface area (Å²) in [5, 5.41) is 1.94. The van der Waals surface area contributed by atoms with Crippen LogP contribution in [0.25, 0.3) is 11.3 Å². The van der Waals surface area contributed by atoms with Crippen molar-refractivity contribution in [2.24, 2.45) is 0 Å². The summed E-state index contributed by atoms with van der Waals surface area (Å²) in [5.74, 6) is -0.178. The van der Waals surface area contributed by atoms with E-state index in [9.17, 15) is 4.39 Å². The number of benzene rings is 1. The first-order valence-electron chi connectivity index (χ1n) is 4.04. The fourth-order valence-electron chi connectivity index (χ4n) is 1.19. The molecule has 0 aliphatic rings. The van der Waals surface area contributed by atoms with Gasteiger partial charge in [0, 0.05) is 10.9 Å². The van der Waals surface area contributed by atoms with E-state index in [-0.39, 0.29) is 5.82 Å². The van der Waals surface area contributed by atoms with Crippen LogP contribution in [0.1, 0.15) is 5.56 Å². The molecule has 0 amide bonds. The Bertz CT molecular complexity index is 467. The molecule has 0 fully saturated rings. The van der Waals surface area contributed by atoms with Gasteiger partial charge in [0.1, 0.15) is 5.82 Å². The average Bonchev–Trinajstić information content (AvgIpc) is 2.57. The first-order valence-corrected chi connectivity index (χ1v) is 5.71. The number of nitrogens with zero attached hydrogens (tertiary/aromatic N) is 1. The third-order valence-electron chi connectivity index (χ3n) is 1.93. The maximum atomic E-state index is 13.0. The van der Waals surface area contributed by atoms with Crippen molar-refractivity contribution in [1.82, 2.24) is 4.98 Å². The summed E-state index contributed by atoms with van der Waals surface area (Å²) >= 11 is 4.82. The highest BCUT2D eigenvalue weighted by Crippen LogP contribution is 2.26. The van der Waals surface area contributed by atoms with Gasteiger partial charge in [0.2, 0.25) is 0 Å². The van der Waals surface area contributed by atoms with Gasteiger partial charge in [-0.1, -0.05) is 0 Å².